The van der Waals surface area contributed by atoms with Gasteiger partial charge in [0.1, 0.15) is 6.10 Å². The van der Waals surface area contributed by atoms with Crippen LogP contribution in [0.15, 0.2) is 30.3 Å². The third-order valence-electron chi connectivity index (χ3n) is 4.91. The molecule has 1 aromatic carbocycles. The van der Waals surface area contributed by atoms with Crippen molar-refractivity contribution < 1.29 is 9.90 Å². The number of carbonyl (C=O) groups is 1. The fraction of sp³-hybridized carbons (Fsp3) is 0.526. The van der Waals surface area contributed by atoms with Crippen molar-refractivity contribution in [2.45, 2.75) is 32.3 Å². The first-order valence-electron chi connectivity index (χ1n) is 8.77. The summed E-state index contributed by atoms with van der Waals surface area (Å²) in [6.45, 7) is 4.54. The van der Waals surface area contributed by atoms with E-state index in [1.807, 2.05) is 24.3 Å². The van der Waals surface area contributed by atoms with Gasteiger partial charge in [0.15, 0.2) is 0 Å². The molecular weight excluding hydrogens is 320 g/mol. The highest BCUT2D eigenvalue weighted by Crippen LogP contribution is 2.29. The first-order valence-corrected chi connectivity index (χ1v) is 9.59. The lowest BCUT2D eigenvalue weighted by Crippen LogP contribution is -2.36. The number of piperidine rings is 1. The summed E-state index contributed by atoms with van der Waals surface area (Å²) in [6, 6.07) is 10.1. The van der Waals surface area contributed by atoms with E-state index in [9.17, 15) is 9.90 Å². The van der Waals surface area contributed by atoms with Gasteiger partial charge in [0.2, 0.25) is 5.91 Å². The number of amides is 1. The average Bonchev–Trinajstić information content (AvgIpc) is 3.04. The Morgan fingerprint density at radius 1 is 1.46 bits per heavy atom. The molecule has 4 nitrogen and oxygen atoms in total. The number of hydrogen-bond acceptors (Lipinski definition) is 4. The number of nitrogens with one attached hydrogen (secondary N) is 2. The topological polar surface area (TPSA) is 61.4 Å². The fourth-order valence-corrected chi connectivity index (χ4v) is 4.42. The molecule has 3 unspecified atom stereocenters. The Labute approximate surface area is 147 Å². The molecule has 2 aromatic rings. The standard InChI is InChI=1S/C19H26N2O2S/c1-13(15-6-4-8-20-11-15)9-19(23)21-12-16(22)18-10-14-5-2-3-7-17(14)24-18/h2-3,5,7,10,13,15-16,20,22H,4,6,8-9,11-12H2,1H3,(H,21,23). The van der Waals surface area contributed by atoms with Crippen molar-refractivity contribution in [1.29, 1.82) is 0 Å². The van der Waals surface area contributed by atoms with Gasteiger partial charge in [-0.15, -0.1) is 11.3 Å². The van der Waals surface area contributed by atoms with Gasteiger partial charge in [0.05, 0.1) is 0 Å². The van der Waals surface area contributed by atoms with Crippen LogP contribution >= 0.6 is 11.3 Å². The van der Waals surface area contributed by atoms with Crippen LogP contribution in [0.4, 0.5) is 0 Å². The molecule has 3 N–H and O–H groups in total. The molecule has 1 fully saturated rings. The second kappa shape index (κ2) is 8.10. The predicted molar refractivity (Wildman–Crippen MR) is 99.2 cm³/mol. The van der Waals surface area contributed by atoms with Crippen molar-refractivity contribution in [3.63, 3.8) is 0 Å². The van der Waals surface area contributed by atoms with Gasteiger partial charge in [-0.1, -0.05) is 25.1 Å². The molecule has 0 aliphatic carbocycles. The second-order valence-electron chi connectivity index (χ2n) is 6.79. The lowest BCUT2D eigenvalue weighted by atomic mass is 9.85. The van der Waals surface area contributed by atoms with E-state index in [0.29, 0.717) is 18.3 Å². The summed E-state index contributed by atoms with van der Waals surface area (Å²) in [7, 11) is 0. The van der Waals surface area contributed by atoms with Gasteiger partial charge in [0, 0.05) is 22.5 Å². The van der Waals surface area contributed by atoms with E-state index in [1.54, 1.807) is 11.3 Å². The Morgan fingerprint density at radius 2 is 2.29 bits per heavy atom. The van der Waals surface area contributed by atoms with Crippen LogP contribution in [0.5, 0.6) is 0 Å². The van der Waals surface area contributed by atoms with Crippen LogP contribution in [0.3, 0.4) is 0 Å². The van der Waals surface area contributed by atoms with Crippen molar-refractivity contribution in [2.24, 2.45) is 11.8 Å². The van der Waals surface area contributed by atoms with E-state index < -0.39 is 6.10 Å². The van der Waals surface area contributed by atoms with Crippen molar-refractivity contribution in [3.05, 3.63) is 35.2 Å². The maximum absolute atomic E-state index is 12.2. The lowest BCUT2D eigenvalue weighted by Gasteiger charge is -2.28. The first kappa shape index (κ1) is 17.4. The molecule has 0 radical (unpaired) electrons. The zero-order valence-corrected chi connectivity index (χ0v) is 14.9. The maximum Gasteiger partial charge on any atom is 0.220 e. The van der Waals surface area contributed by atoms with Crippen LogP contribution < -0.4 is 10.6 Å². The van der Waals surface area contributed by atoms with E-state index in [1.165, 1.54) is 12.8 Å². The Kier molecular flexibility index (Phi) is 5.87. The van der Waals surface area contributed by atoms with Crippen LogP contribution in [-0.4, -0.2) is 30.6 Å². The minimum atomic E-state index is -0.641. The molecule has 1 aromatic heterocycles. The Balaban J connectivity index is 1.48. The highest BCUT2D eigenvalue weighted by molar-refractivity contribution is 7.19. The number of thiophene rings is 1. The Hall–Kier alpha value is -1.43. The van der Waals surface area contributed by atoms with E-state index in [0.717, 1.165) is 28.1 Å². The number of aliphatic hydroxyl groups is 1. The SMILES string of the molecule is CC(CC(=O)NCC(O)c1cc2ccccc2s1)C1CCCNC1. The van der Waals surface area contributed by atoms with Crippen LogP contribution in [-0.2, 0) is 4.79 Å². The highest BCUT2D eigenvalue weighted by atomic mass is 32.1. The molecule has 3 rings (SSSR count). The van der Waals surface area contributed by atoms with Gasteiger partial charge >= 0.3 is 0 Å². The van der Waals surface area contributed by atoms with Gasteiger partial charge in [-0.25, -0.2) is 0 Å². The van der Waals surface area contributed by atoms with Crippen LogP contribution in [0.1, 0.15) is 37.2 Å². The minimum absolute atomic E-state index is 0.0354. The third-order valence-corrected chi connectivity index (χ3v) is 6.13. The molecule has 1 aliphatic heterocycles. The summed E-state index contributed by atoms with van der Waals surface area (Å²) in [5.41, 5.74) is 0. The molecule has 1 saturated heterocycles. The molecule has 0 bridgehead atoms. The molecule has 3 atom stereocenters. The van der Waals surface area contributed by atoms with Crippen LogP contribution in [0.2, 0.25) is 0 Å². The largest absolute Gasteiger partial charge is 0.386 e. The summed E-state index contributed by atoms with van der Waals surface area (Å²) in [4.78, 5) is 13.1. The van der Waals surface area contributed by atoms with E-state index in [-0.39, 0.29) is 12.5 Å². The summed E-state index contributed by atoms with van der Waals surface area (Å²) in [5, 5.41) is 17.8. The van der Waals surface area contributed by atoms with Crippen LogP contribution in [0.25, 0.3) is 10.1 Å². The third kappa shape index (κ3) is 4.35. The molecular formula is C19H26N2O2S. The molecule has 0 spiro atoms. The monoisotopic (exact) mass is 346 g/mol. The Morgan fingerprint density at radius 3 is 3.04 bits per heavy atom. The van der Waals surface area contributed by atoms with E-state index >= 15 is 0 Å². The van der Waals surface area contributed by atoms with Gasteiger partial charge in [0.25, 0.3) is 0 Å². The van der Waals surface area contributed by atoms with Gasteiger partial charge < -0.3 is 15.7 Å². The van der Waals surface area contributed by atoms with Crippen LogP contribution in [0, 0.1) is 11.8 Å². The van der Waals surface area contributed by atoms with Crippen molar-refractivity contribution >= 4 is 27.3 Å². The van der Waals surface area contributed by atoms with Gasteiger partial charge in [-0.05, 0) is 55.3 Å². The number of aliphatic hydroxyl groups excluding tert-OH is 1. The number of benzene rings is 1. The molecule has 1 amide bonds. The second-order valence-corrected chi connectivity index (χ2v) is 7.91. The lowest BCUT2D eigenvalue weighted by molar-refractivity contribution is -0.122. The summed E-state index contributed by atoms with van der Waals surface area (Å²) in [5.74, 6) is 0.990. The predicted octanol–water partition coefficient (Wildman–Crippen LogP) is 3.08. The smallest absolute Gasteiger partial charge is 0.220 e. The molecule has 5 heteroatoms. The zero-order chi connectivity index (χ0) is 16.9. The first-order chi connectivity index (χ1) is 11.6. The average molecular weight is 346 g/mol. The summed E-state index contributed by atoms with van der Waals surface area (Å²) >= 11 is 1.58. The fourth-order valence-electron chi connectivity index (χ4n) is 3.37. The highest BCUT2D eigenvalue weighted by Gasteiger charge is 2.22. The minimum Gasteiger partial charge on any atom is -0.386 e. The Bertz CT molecular complexity index is 646. The molecule has 2 heterocycles. The number of hydrogen-bond donors (Lipinski definition) is 3. The number of fused-ring (bicyclic) bond motifs is 1. The molecule has 130 valence electrons. The molecule has 24 heavy (non-hydrogen) atoms. The van der Waals surface area contributed by atoms with Crippen molar-refractivity contribution in [2.75, 3.05) is 19.6 Å². The molecule has 1 aliphatic rings. The quantitative estimate of drug-likeness (QED) is 0.753. The summed E-state index contributed by atoms with van der Waals surface area (Å²) in [6.07, 6.45) is 2.29. The van der Waals surface area contributed by atoms with Gasteiger partial charge in [-0.3, -0.25) is 4.79 Å². The number of carbonyl (C=O) groups excluding carboxylic acids is 1. The van der Waals surface area contributed by atoms with Gasteiger partial charge in [-0.2, -0.15) is 0 Å². The number of rotatable bonds is 6. The van der Waals surface area contributed by atoms with Crippen molar-refractivity contribution in [3.8, 4) is 0 Å². The van der Waals surface area contributed by atoms with E-state index in [2.05, 4.69) is 23.6 Å². The summed E-state index contributed by atoms with van der Waals surface area (Å²) < 4.78 is 1.16. The maximum atomic E-state index is 12.2. The normalized spacial score (nSPS) is 20.7. The zero-order valence-electron chi connectivity index (χ0n) is 14.1. The van der Waals surface area contributed by atoms with E-state index in [4.69, 9.17) is 0 Å². The molecule has 0 saturated carbocycles. The van der Waals surface area contributed by atoms with Crippen molar-refractivity contribution in [1.82, 2.24) is 10.6 Å².